The van der Waals surface area contributed by atoms with E-state index in [1.807, 2.05) is 36.4 Å². The van der Waals surface area contributed by atoms with Crippen LogP contribution in [-0.4, -0.2) is 20.0 Å². The maximum Gasteiger partial charge on any atom is 0.134 e. The van der Waals surface area contributed by atoms with Crippen molar-refractivity contribution < 1.29 is 4.74 Å². The van der Waals surface area contributed by atoms with Crippen LogP contribution in [0.1, 0.15) is 5.69 Å². The zero-order valence-electron chi connectivity index (χ0n) is 12.9. The Bertz CT molecular complexity index is 1040. The molecule has 0 radical (unpaired) electrons. The van der Waals surface area contributed by atoms with Crippen LogP contribution < -0.4 is 4.74 Å². The molecule has 0 atom stereocenters. The molecule has 0 fully saturated rings. The van der Waals surface area contributed by atoms with Crippen LogP contribution in [0.2, 0.25) is 10.0 Å². The summed E-state index contributed by atoms with van der Waals surface area (Å²) >= 11 is 12.0. The highest BCUT2D eigenvalue weighted by atomic mass is 35.5. The lowest BCUT2D eigenvalue weighted by Crippen LogP contribution is -1.97. The van der Waals surface area contributed by atoms with Crippen LogP contribution in [0, 0.1) is 0 Å². The van der Waals surface area contributed by atoms with Gasteiger partial charge in [-0.2, -0.15) is 0 Å². The quantitative estimate of drug-likeness (QED) is 0.522. The third-order valence-corrected chi connectivity index (χ3v) is 4.43. The molecular formula is C18H12Cl2N4O. The lowest BCUT2D eigenvalue weighted by atomic mass is 10.2. The van der Waals surface area contributed by atoms with E-state index in [1.165, 1.54) is 0 Å². The van der Waals surface area contributed by atoms with Crippen LogP contribution in [0.4, 0.5) is 0 Å². The minimum Gasteiger partial charge on any atom is -0.486 e. The summed E-state index contributed by atoms with van der Waals surface area (Å²) in [6.07, 6.45) is 3.52. The zero-order chi connectivity index (χ0) is 17.2. The molecule has 0 saturated carbocycles. The van der Waals surface area contributed by atoms with Gasteiger partial charge in [0, 0.05) is 11.6 Å². The second-order valence-corrected chi connectivity index (χ2v) is 6.18. The van der Waals surface area contributed by atoms with Crippen molar-refractivity contribution in [2.24, 2.45) is 0 Å². The molecule has 0 N–H and O–H groups in total. The number of benzene rings is 2. The van der Waals surface area contributed by atoms with E-state index < -0.39 is 0 Å². The van der Waals surface area contributed by atoms with Crippen molar-refractivity contribution in [1.82, 2.24) is 20.0 Å². The number of hydrogen-bond donors (Lipinski definition) is 0. The van der Waals surface area contributed by atoms with Gasteiger partial charge in [-0.15, -0.1) is 5.10 Å². The van der Waals surface area contributed by atoms with Crippen molar-refractivity contribution in [3.63, 3.8) is 0 Å². The number of ether oxygens (including phenoxy) is 1. The Balaban J connectivity index is 1.54. The summed E-state index contributed by atoms with van der Waals surface area (Å²) in [6, 6.07) is 14.9. The maximum absolute atomic E-state index is 6.04. The number of rotatable bonds is 4. The van der Waals surface area contributed by atoms with Crippen LogP contribution in [-0.2, 0) is 6.61 Å². The Morgan fingerprint density at radius 1 is 1.00 bits per heavy atom. The third-order valence-electron chi connectivity index (χ3n) is 3.69. The van der Waals surface area contributed by atoms with E-state index in [4.69, 9.17) is 27.9 Å². The Labute approximate surface area is 153 Å². The van der Waals surface area contributed by atoms with Gasteiger partial charge >= 0.3 is 0 Å². The monoisotopic (exact) mass is 370 g/mol. The number of nitrogens with zero attached hydrogens (tertiary/aromatic N) is 4. The fourth-order valence-electron chi connectivity index (χ4n) is 2.47. The highest BCUT2D eigenvalue weighted by Gasteiger charge is 2.08. The largest absolute Gasteiger partial charge is 0.486 e. The minimum atomic E-state index is 0.301. The molecule has 124 valence electrons. The van der Waals surface area contributed by atoms with E-state index in [2.05, 4.69) is 15.3 Å². The zero-order valence-corrected chi connectivity index (χ0v) is 14.4. The summed E-state index contributed by atoms with van der Waals surface area (Å²) in [6.45, 7) is 0.301. The SMILES string of the molecule is Clc1ccc(-n2cc(COc3ccnc4ccccc34)nn2)cc1Cl. The van der Waals surface area contributed by atoms with Crippen molar-refractivity contribution in [2.75, 3.05) is 0 Å². The lowest BCUT2D eigenvalue weighted by Gasteiger charge is -2.07. The molecule has 0 aliphatic rings. The van der Waals surface area contributed by atoms with E-state index in [9.17, 15) is 0 Å². The molecule has 2 aromatic carbocycles. The summed E-state index contributed by atoms with van der Waals surface area (Å²) < 4.78 is 7.52. The number of aromatic nitrogens is 4. The number of halogens is 2. The van der Waals surface area contributed by atoms with Gasteiger partial charge in [-0.05, 0) is 36.4 Å². The first-order valence-electron chi connectivity index (χ1n) is 7.54. The molecule has 25 heavy (non-hydrogen) atoms. The summed E-state index contributed by atoms with van der Waals surface area (Å²) in [4.78, 5) is 4.32. The predicted molar refractivity (Wildman–Crippen MR) is 97.5 cm³/mol. The maximum atomic E-state index is 6.04. The highest BCUT2D eigenvalue weighted by molar-refractivity contribution is 6.42. The van der Waals surface area contributed by atoms with Crippen molar-refractivity contribution in [3.8, 4) is 11.4 Å². The summed E-state index contributed by atoms with van der Waals surface area (Å²) in [5.74, 6) is 0.759. The molecule has 7 heteroatoms. The summed E-state index contributed by atoms with van der Waals surface area (Å²) in [7, 11) is 0. The molecule has 0 aliphatic heterocycles. The standard InChI is InChI=1S/C18H12Cl2N4O/c19-15-6-5-13(9-16(15)20)24-10-12(22-23-24)11-25-18-7-8-21-17-4-2-1-3-14(17)18/h1-10H,11H2. The van der Waals surface area contributed by atoms with Crippen LogP contribution in [0.3, 0.4) is 0 Å². The van der Waals surface area contributed by atoms with Crippen LogP contribution in [0.25, 0.3) is 16.6 Å². The molecule has 5 nitrogen and oxygen atoms in total. The number of fused-ring (bicyclic) bond motifs is 1. The average molecular weight is 371 g/mol. The second-order valence-electron chi connectivity index (χ2n) is 5.37. The van der Waals surface area contributed by atoms with Crippen LogP contribution in [0.5, 0.6) is 5.75 Å². The minimum absolute atomic E-state index is 0.301. The van der Waals surface area contributed by atoms with Gasteiger partial charge in [0.05, 0.1) is 27.4 Å². The van der Waals surface area contributed by atoms with E-state index in [0.29, 0.717) is 22.3 Å². The molecule has 0 amide bonds. The van der Waals surface area contributed by atoms with E-state index in [-0.39, 0.29) is 0 Å². The lowest BCUT2D eigenvalue weighted by molar-refractivity contribution is 0.304. The van der Waals surface area contributed by atoms with Gasteiger partial charge in [0.15, 0.2) is 0 Å². The van der Waals surface area contributed by atoms with Gasteiger partial charge in [-0.3, -0.25) is 4.98 Å². The Morgan fingerprint density at radius 3 is 2.76 bits per heavy atom. The molecule has 4 aromatic rings. The van der Waals surface area contributed by atoms with Gasteiger partial charge in [0.25, 0.3) is 0 Å². The molecule has 0 aliphatic carbocycles. The number of pyridine rings is 1. The normalized spacial score (nSPS) is 11.0. The van der Waals surface area contributed by atoms with Gasteiger partial charge in [-0.1, -0.05) is 40.5 Å². The molecular weight excluding hydrogens is 359 g/mol. The Hall–Kier alpha value is -2.63. The fourth-order valence-corrected chi connectivity index (χ4v) is 2.76. The van der Waals surface area contributed by atoms with Crippen molar-refractivity contribution in [2.45, 2.75) is 6.61 Å². The van der Waals surface area contributed by atoms with Crippen molar-refractivity contribution >= 4 is 34.1 Å². The topological polar surface area (TPSA) is 52.8 Å². The molecule has 4 rings (SSSR count). The summed E-state index contributed by atoms with van der Waals surface area (Å²) in [5.41, 5.74) is 2.37. The molecule has 2 heterocycles. The highest BCUT2D eigenvalue weighted by Crippen LogP contribution is 2.25. The van der Waals surface area contributed by atoms with E-state index in [1.54, 1.807) is 29.2 Å². The predicted octanol–water partition coefficient (Wildman–Crippen LogP) is 4.70. The van der Waals surface area contributed by atoms with Crippen LogP contribution >= 0.6 is 23.2 Å². The number of hydrogen-bond acceptors (Lipinski definition) is 4. The molecule has 2 aromatic heterocycles. The van der Waals surface area contributed by atoms with Gasteiger partial charge in [-0.25, -0.2) is 4.68 Å². The average Bonchev–Trinajstić information content (AvgIpc) is 3.11. The Morgan fingerprint density at radius 2 is 1.88 bits per heavy atom. The molecule has 0 spiro atoms. The first kappa shape index (κ1) is 15.9. The smallest absolute Gasteiger partial charge is 0.134 e. The van der Waals surface area contributed by atoms with Crippen molar-refractivity contribution in [3.05, 3.63) is 76.7 Å². The number of para-hydroxylation sites is 1. The van der Waals surface area contributed by atoms with Crippen LogP contribution in [0.15, 0.2) is 60.9 Å². The third kappa shape index (κ3) is 3.29. The van der Waals surface area contributed by atoms with Gasteiger partial charge < -0.3 is 4.74 Å². The van der Waals surface area contributed by atoms with E-state index >= 15 is 0 Å². The fraction of sp³-hybridized carbons (Fsp3) is 0.0556. The molecule has 0 saturated heterocycles. The Kier molecular flexibility index (Phi) is 4.26. The van der Waals surface area contributed by atoms with Gasteiger partial charge in [0.1, 0.15) is 18.1 Å². The summed E-state index contributed by atoms with van der Waals surface area (Å²) in [5, 5.41) is 10.2. The van der Waals surface area contributed by atoms with Crippen molar-refractivity contribution in [1.29, 1.82) is 0 Å². The van der Waals surface area contributed by atoms with Gasteiger partial charge in [0.2, 0.25) is 0 Å². The first-order chi connectivity index (χ1) is 12.2. The first-order valence-corrected chi connectivity index (χ1v) is 8.29. The molecule has 0 unspecified atom stereocenters. The second kappa shape index (κ2) is 6.70. The molecule has 0 bridgehead atoms. The van der Waals surface area contributed by atoms with E-state index in [0.717, 1.165) is 22.3 Å².